The quantitative estimate of drug-likeness (QED) is 0.673. The molecule has 2 aliphatic rings. The van der Waals surface area contributed by atoms with E-state index in [1.165, 1.54) is 0 Å². The maximum absolute atomic E-state index is 11.8. The number of carbonyl (C=O) groups excluding carboxylic acids is 1. The standard InChI is InChI=1S/C14H18N2O5S.ClH/c17-9(4-15-14(18)11-6-22-7-16-11)5-19-10-1-2-12-13(3-10)21-8-20-12;/h1-3,9,11,16-17H,4-8H2,(H,15,18);1H. The second-order valence-electron chi connectivity index (χ2n) is 5.00. The number of aliphatic hydroxyl groups excluding tert-OH is 1. The van der Waals surface area contributed by atoms with Crippen LogP contribution in [-0.2, 0) is 4.79 Å². The molecule has 3 rings (SSSR count). The Morgan fingerprint density at radius 1 is 1.48 bits per heavy atom. The third-order valence-electron chi connectivity index (χ3n) is 3.33. The van der Waals surface area contributed by atoms with E-state index in [0.29, 0.717) is 17.2 Å². The number of carbonyl (C=O) groups is 1. The van der Waals surface area contributed by atoms with E-state index >= 15 is 0 Å². The number of hydrogen-bond donors (Lipinski definition) is 3. The molecular formula is C14H19ClN2O5S. The molecule has 23 heavy (non-hydrogen) atoms. The molecule has 1 amide bonds. The van der Waals surface area contributed by atoms with E-state index in [1.54, 1.807) is 30.0 Å². The molecule has 2 unspecified atom stereocenters. The second-order valence-corrected chi connectivity index (χ2v) is 6.03. The number of rotatable bonds is 6. The molecule has 0 aromatic heterocycles. The highest BCUT2D eigenvalue weighted by molar-refractivity contribution is 7.99. The van der Waals surface area contributed by atoms with Gasteiger partial charge in [-0.15, -0.1) is 24.2 Å². The number of ether oxygens (including phenoxy) is 3. The van der Waals surface area contributed by atoms with Gasteiger partial charge in [0.15, 0.2) is 11.5 Å². The van der Waals surface area contributed by atoms with Gasteiger partial charge in [-0.05, 0) is 12.1 Å². The van der Waals surface area contributed by atoms with Crippen LogP contribution in [0.5, 0.6) is 17.2 Å². The SMILES string of the molecule is Cl.O=C(NCC(O)COc1ccc2c(c1)OCO2)C1CSCN1. The molecule has 9 heteroatoms. The summed E-state index contributed by atoms with van der Waals surface area (Å²) in [6.07, 6.45) is -0.775. The number of nitrogens with one attached hydrogen (secondary N) is 2. The van der Waals surface area contributed by atoms with Crippen molar-refractivity contribution < 1.29 is 24.1 Å². The maximum atomic E-state index is 11.8. The molecule has 0 spiro atoms. The molecule has 1 aromatic carbocycles. The van der Waals surface area contributed by atoms with Crippen LogP contribution < -0.4 is 24.8 Å². The first-order chi connectivity index (χ1) is 10.7. The van der Waals surface area contributed by atoms with Gasteiger partial charge in [-0.1, -0.05) is 0 Å². The van der Waals surface area contributed by atoms with Gasteiger partial charge in [0.05, 0.1) is 6.04 Å². The van der Waals surface area contributed by atoms with E-state index < -0.39 is 6.10 Å². The van der Waals surface area contributed by atoms with Crippen LogP contribution in [0.4, 0.5) is 0 Å². The van der Waals surface area contributed by atoms with Crippen molar-refractivity contribution in [2.45, 2.75) is 12.1 Å². The molecule has 7 nitrogen and oxygen atoms in total. The monoisotopic (exact) mass is 362 g/mol. The van der Waals surface area contributed by atoms with Gasteiger partial charge in [0.25, 0.3) is 0 Å². The minimum absolute atomic E-state index is 0. The van der Waals surface area contributed by atoms with Crippen molar-refractivity contribution in [1.29, 1.82) is 0 Å². The number of thioether (sulfide) groups is 1. The number of fused-ring (bicyclic) bond motifs is 1. The molecule has 0 aliphatic carbocycles. The van der Waals surface area contributed by atoms with Crippen LogP contribution in [0, 0.1) is 0 Å². The van der Waals surface area contributed by atoms with E-state index in [9.17, 15) is 9.90 Å². The minimum atomic E-state index is -0.775. The predicted octanol–water partition coefficient (Wildman–Crippen LogP) is 0.355. The van der Waals surface area contributed by atoms with Crippen molar-refractivity contribution in [1.82, 2.24) is 10.6 Å². The Labute approximate surface area is 144 Å². The zero-order valence-electron chi connectivity index (χ0n) is 12.3. The third kappa shape index (κ3) is 4.81. The van der Waals surface area contributed by atoms with Crippen molar-refractivity contribution in [3.8, 4) is 17.2 Å². The molecular weight excluding hydrogens is 344 g/mol. The number of aliphatic hydroxyl groups is 1. The van der Waals surface area contributed by atoms with Crippen molar-refractivity contribution in [3.05, 3.63) is 18.2 Å². The van der Waals surface area contributed by atoms with Crippen LogP contribution >= 0.6 is 24.2 Å². The van der Waals surface area contributed by atoms with Crippen LogP contribution in [0.1, 0.15) is 0 Å². The zero-order chi connectivity index (χ0) is 15.4. The van der Waals surface area contributed by atoms with E-state index in [2.05, 4.69) is 10.6 Å². The first kappa shape index (κ1) is 18.0. The third-order valence-corrected chi connectivity index (χ3v) is 4.27. The van der Waals surface area contributed by atoms with E-state index in [0.717, 1.165) is 11.6 Å². The summed E-state index contributed by atoms with van der Waals surface area (Å²) in [5.41, 5.74) is 0. The first-order valence-corrected chi connectivity index (χ1v) is 8.17. The lowest BCUT2D eigenvalue weighted by molar-refractivity contribution is -0.122. The van der Waals surface area contributed by atoms with Gasteiger partial charge in [0, 0.05) is 24.2 Å². The smallest absolute Gasteiger partial charge is 0.238 e. The Hall–Kier alpha value is -1.35. The summed E-state index contributed by atoms with van der Waals surface area (Å²) < 4.78 is 16.0. The Morgan fingerprint density at radius 2 is 2.30 bits per heavy atom. The lowest BCUT2D eigenvalue weighted by Crippen LogP contribution is -2.45. The van der Waals surface area contributed by atoms with E-state index in [1.807, 2.05) is 0 Å². The number of benzene rings is 1. The predicted molar refractivity (Wildman–Crippen MR) is 88.6 cm³/mol. The number of halogens is 1. The topological polar surface area (TPSA) is 89.1 Å². The Bertz CT molecular complexity index is 542. The fraction of sp³-hybridized carbons (Fsp3) is 0.500. The van der Waals surface area contributed by atoms with Crippen LogP contribution in [0.3, 0.4) is 0 Å². The molecule has 1 aromatic rings. The van der Waals surface area contributed by atoms with Crippen molar-refractivity contribution >= 4 is 30.1 Å². The molecule has 2 atom stereocenters. The van der Waals surface area contributed by atoms with Gasteiger partial charge in [-0.25, -0.2) is 0 Å². The molecule has 0 saturated carbocycles. The molecule has 2 heterocycles. The van der Waals surface area contributed by atoms with Gasteiger partial charge in [0.2, 0.25) is 12.7 Å². The molecule has 1 saturated heterocycles. The lowest BCUT2D eigenvalue weighted by atomic mass is 10.3. The second kappa shape index (κ2) is 8.49. The summed E-state index contributed by atoms with van der Waals surface area (Å²) in [6, 6.07) is 5.05. The van der Waals surface area contributed by atoms with E-state index in [-0.39, 0.29) is 44.3 Å². The highest BCUT2D eigenvalue weighted by atomic mass is 35.5. The molecule has 2 aliphatic heterocycles. The normalized spacial score (nSPS) is 19.8. The van der Waals surface area contributed by atoms with Crippen LogP contribution in [-0.4, -0.2) is 54.7 Å². The fourth-order valence-corrected chi connectivity index (χ4v) is 3.07. The zero-order valence-corrected chi connectivity index (χ0v) is 14.0. The highest BCUT2D eigenvalue weighted by Crippen LogP contribution is 2.35. The van der Waals surface area contributed by atoms with Gasteiger partial charge in [0.1, 0.15) is 18.5 Å². The Kier molecular flexibility index (Phi) is 6.64. The summed E-state index contributed by atoms with van der Waals surface area (Å²) in [7, 11) is 0. The van der Waals surface area contributed by atoms with Crippen LogP contribution in [0.2, 0.25) is 0 Å². The summed E-state index contributed by atoms with van der Waals surface area (Å²) in [5.74, 6) is 3.35. The largest absolute Gasteiger partial charge is 0.491 e. The lowest BCUT2D eigenvalue weighted by Gasteiger charge is -2.15. The fourth-order valence-electron chi connectivity index (χ4n) is 2.12. The maximum Gasteiger partial charge on any atom is 0.238 e. The minimum Gasteiger partial charge on any atom is -0.491 e. The molecule has 128 valence electrons. The van der Waals surface area contributed by atoms with Crippen molar-refractivity contribution in [3.63, 3.8) is 0 Å². The van der Waals surface area contributed by atoms with Gasteiger partial charge < -0.3 is 24.6 Å². The molecule has 1 fully saturated rings. The van der Waals surface area contributed by atoms with Crippen molar-refractivity contribution in [2.75, 3.05) is 31.6 Å². The highest BCUT2D eigenvalue weighted by Gasteiger charge is 2.22. The van der Waals surface area contributed by atoms with Gasteiger partial charge in [-0.2, -0.15) is 0 Å². The first-order valence-electron chi connectivity index (χ1n) is 7.02. The number of hydrogen-bond acceptors (Lipinski definition) is 7. The number of amides is 1. The average molecular weight is 363 g/mol. The summed E-state index contributed by atoms with van der Waals surface area (Å²) in [4.78, 5) is 11.8. The summed E-state index contributed by atoms with van der Waals surface area (Å²) in [6.45, 7) is 0.458. The average Bonchev–Trinajstić information content (AvgIpc) is 3.20. The Morgan fingerprint density at radius 3 is 3.09 bits per heavy atom. The van der Waals surface area contributed by atoms with E-state index in [4.69, 9.17) is 14.2 Å². The van der Waals surface area contributed by atoms with Crippen LogP contribution in [0.15, 0.2) is 18.2 Å². The van der Waals surface area contributed by atoms with Gasteiger partial charge >= 0.3 is 0 Å². The van der Waals surface area contributed by atoms with Crippen molar-refractivity contribution in [2.24, 2.45) is 0 Å². The van der Waals surface area contributed by atoms with Gasteiger partial charge in [-0.3, -0.25) is 10.1 Å². The van der Waals surface area contributed by atoms with Crippen LogP contribution in [0.25, 0.3) is 0 Å². The molecule has 3 N–H and O–H groups in total. The summed E-state index contributed by atoms with van der Waals surface area (Å²) >= 11 is 1.68. The molecule has 0 bridgehead atoms. The summed E-state index contributed by atoms with van der Waals surface area (Å²) in [5, 5.41) is 15.7. The molecule has 0 radical (unpaired) electrons. The Balaban J connectivity index is 0.00000192.